The van der Waals surface area contributed by atoms with Crippen molar-refractivity contribution in [2.75, 3.05) is 19.0 Å². The maximum absolute atomic E-state index is 13.2. The van der Waals surface area contributed by atoms with Gasteiger partial charge in [0.05, 0.1) is 7.11 Å². The van der Waals surface area contributed by atoms with Gasteiger partial charge in [-0.05, 0) is 44.2 Å². The molecule has 0 bridgehead atoms. The number of carbonyl (C=O) groups is 3. The number of methoxy groups -OCH3 is 1. The highest BCUT2D eigenvalue weighted by Crippen LogP contribution is 2.28. The van der Waals surface area contributed by atoms with Gasteiger partial charge in [-0.25, -0.2) is 13.6 Å². The van der Waals surface area contributed by atoms with Gasteiger partial charge in [0, 0.05) is 17.3 Å². The van der Waals surface area contributed by atoms with Crippen molar-refractivity contribution in [3.63, 3.8) is 0 Å². The van der Waals surface area contributed by atoms with Gasteiger partial charge in [0.15, 0.2) is 41.6 Å². The molecule has 0 radical (unpaired) electrons. The van der Waals surface area contributed by atoms with Crippen LogP contribution in [0.4, 0.5) is 14.5 Å². The van der Waals surface area contributed by atoms with Crippen molar-refractivity contribution in [1.29, 1.82) is 0 Å². The monoisotopic (exact) mass is 407 g/mol. The van der Waals surface area contributed by atoms with Crippen LogP contribution in [0.2, 0.25) is 0 Å². The fourth-order valence-electron chi connectivity index (χ4n) is 2.24. The highest BCUT2D eigenvalue weighted by Gasteiger charge is 2.19. The van der Waals surface area contributed by atoms with E-state index in [4.69, 9.17) is 14.2 Å². The summed E-state index contributed by atoms with van der Waals surface area (Å²) in [5.74, 6) is -3.42. The highest BCUT2D eigenvalue weighted by atomic mass is 19.2. The van der Waals surface area contributed by atoms with Crippen LogP contribution in [0.3, 0.4) is 0 Å². The Bertz CT molecular complexity index is 931. The SMILES string of the molecule is COc1cc(C(C)=O)ccc1OCC(=O)O[C@@H](C)C(=O)Nc1ccc(F)c(F)c1. The average molecular weight is 407 g/mol. The molecule has 0 aliphatic carbocycles. The Morgan fingerprint density at radius 1 is 1.03 bits per heavy atom. The Hall–Kier alpha value is -3.49. The Morgan fingerprint density at radius 2 is 1.76 bits per heavy atom. The highest BCUT2D eigenvalue weighted by molar-refractivity contribution is 5.95. The first-order chi connectivity index (χ1) is 13.7. The van der Waals surface area contributed by atoms with Crippen LogP contribution in [0.5, 0.6) is 11.5 Å². The summed E-state index contributed by atoms with van der Waals surface area (Å²) in [6, 6.07) is 7.30. The van der Waals surface area contributed by atoms with Crippen LogP contribution in [0.25, 0.3) is 0 Å². The van der Waals surface area contributed by atoms with Crippen molar-refractivity contribution in [1.82, 2.24) is 0 Å². The van der Waals surface area contributed by atoms with E-state index in [1.807, 2.05) is 0 Å². The summed E-state index contributed by atoms with van der Waals surface area (Å²) in [5, 5.41) is 2.31. The molecular formula is C20H19F2NO6. The predicted molar refractivity (Wildman–Crippen MR) is 99.0 cm³/mol. The molecule has 7 nitrogen and oxygen atoms in total. The molecular weight excluding hydrogens is 388 g/mol. The summed E-state index contributed by atoms with van der Waals surface area (Å²) in [6.07, 6.45) is -1.21. The van der Waals surface area contributed by atoms with E-state index in [9.17, 15) is 23.2 Å². The third-order valence-electron chi connectivity index (χ3n) is 3.78. The molecule has 0 spiro atoms. The standard InChI is InChI=1S/C20H19F2NO6/c1-11(24)13-4-7-17(18(8-13)27-3)28-10-19(25)29-12(2)20(26)23-14-5-6-15(21)16(22)9-14/h4-9,12H,10H2,1-3H3,(H,23,26)/t12-/m0/s1. The Morgan fingerprint density at radius 3 is 2.38 bits per heavy atom. The topological polar surface area (TPSA) is 90.9 Å². The smallest absolute Gasteiger partial charge is 0.344 e. The first kappa shape index (κ1) is 21.8. The van der Waals surface area contributed by atoms with Gasteiger partial charge in [0.1, 0.15) is 0 Å². The van der Waals surface area contributed by atoms with Crippen molar-refractivity contribution < 1.29 is 37.4 Å². The Kier molecular flexibility index (Phi) is 7.24. The summed E-state index contributed by atoms with van der Waals surface area (Å²) in [5.41, 5.74) is 0.433. The molecule has 0 aliphatic heterocycles. The molecule has 2 aromatic rings. The van der Waals surface area contributed by atoms with E-state index in [1.165, 1.54) is 45.2 Å². The lowest BCUT2D eigenvalue weighted by Crippen LogP contribution is -2.31. The van der Waals surface area contributed by atoms with Crippen molar-refractivity contribution >= 4 is 23.3 Å². The normalized spacial score (nSPS) is 11.3. The van der Waals surface area contributed by atoms with Crippen LogP contribution in [0.1, 0.15) is 24.2 Å². The largest absolute Gasteiger partial charge is 0.493 e. The molecule has 1 atom stereocenters. The van der Waals surface area contributed by atoms with Crippen LogP contribution in [-0.4, -0.2) is 37.5 Å². The number of hydrogen-bond acceptors (Lipinski definition) is 6. The second kappa shape index (κ2) is 9.63. The van der Waals surface area contributed by atoms with E-state index in [1.54, 1.807) is 0 Å². The number of esters is 1. The van der Waals surface area contributed by atoms with Crippen molar-refractivity contribution in [3.05, 3.63) is 53.6 Å². The van der Waals surface area contributed by atoms with E-state index in [0.717, 1.165) is 12.1 Å². The number of benzene rings is 2. The van der Waals surface area contributed by atoms with Crippen molar-refractivity contribution in [2.24, 2.45) is 0 Å². The number of rotatable bonds is 8. The van der Waals surface area contributed by atoms with Crippen LogP contribution in [0, 0.1) is 11.6 Å². The van der Waals surface area contributed by atoms with Crippen molar-refractivity contribution in [2.45, 2.75) is 20.0 Å². The molecule has 29 heavy (non-hydrogen) atoms. The number of halogens is 2. The molecule has 0 aliphatic rings. The molecule has 0 saturated heterocycles. The van der Waals surface area contributed by atoms with Crippen molar-refractivity contribution in [3.8, 4) is 11.5 Å². The van der Waals surface area contributed by atoms with Gasteiger partial charge in [-0.3, -0.25) is 9.59 Å². The van der Waals surface area contributed by atoms with E-state index < -0.39 is 36.2 Å². The van der Waals surface area contributed by atoms with Crippen LogP contribution >= 0.6 is 0 Å². The average Bonchev–Trinajstić information content (AvgIpc) is 2.68. The molecule has 0 saturated carbocycles. The van der Waals surface area contributed by atoms with Gasteiger partial charge in [0.25, 0.3) is 5.91 Å². The van der Waals surface area contributed by atoms with Crippen LogP contribution < -0.4 is 14.8 Å². The van der Waals surface area contributed by atoms with Gasteiger partial charge in [-0.15, -0.1) is 0 Å². The van der Waals surface area contributed by atoms with Gasteiger partial charge in [-0.1, -0.05) is 0 Å². The Labute approximate surface area is 165 Å². The van der Waals surface area contributed by atoms with E-state index in [0.29, 0.717) is 5.56 Å². The van der Waals surface area contributed by atoms with Gasteiger partial charge in [-0.2, -0.15) is 0 Å². The summed E-state index contributed by atoms with van der Waals surface area (Å²) in [7, 11) is 1.38. The van der Waals surface area contributed by atoms with E-state index in [-0.39, 0.29) is 23.0 Å². The van der Waals surface area contributed by atoms with E-state index >= 15 is 0 Å². The maximum atomic E-state index is 13.2. The molecule has 0 heterocycles. The molecule has 2 aromatic carbocycles. The number of hydrogen-bond donors (Lipinski definition) is 1. The summed E-state index contributed by atoms with van der Waals surface area (Å²) < 4.78 is 41.5. The lowest BCUT2D eigenvalue weighted by molar-refractivity contribution is -0.155. The molecule has 0 unspecified atom stereocenters. The summed E-state index contributed by atoms with van der Waals surface area (Å²) in [6.45, 7) is 2.20. The lowest BCUT2D eigenvalue weighted by Gasteiger charge is -2.15. The van der Waals surface area contributed by atoms with Gasteiger partial charge in [0.2, 0.25) is 0 Å². The molecule has 1 N–H and O–H groups in total. The molecule has 154 valence electrons. The number of carbonyl (C=O) groups excluding carboxylic acids is 3. The zero-order valence-corrected chi connectivity index (χ0v) is 16.0. The minimum atomic E-state index is -1.21. The second-order valence-corrected chi connectivity index (χ2v) is 5.96. The molecule has 1 amide bonds. The van der Waals surface area contributed by atoms with E-state index in [2.05, 4.69) is 5.32 Å². The fraction of sp³-hybridized carbons (Fsp3) is 0.250. The molecule has 0 aromatic heterocycles. The molecule has 9 heteroatoms. The summed E-state index contributed by atoms with van der Waals surface area (Å²) >= 11 is 0. The zero-order valence-electron chi connectivity index (χ0n) is 16.0. The number of Topliss-reactive ketones (excluding diaryl/α,β-unsaturated/α-hetero) is 1. The number of anilines is 1. The third-order valence-corrected chi connectivity index (χ3v) is 3.78. The minimum Gasteiger partial charge on any atom is -0.493 e. The lowest BCUT2D eigenvalue weighted by atomic mass is 10.1. The number of nitrogens with one attached hydrogen (secondary N) is 1. The third kappa shape index (κ3) is 6.00. The maximum Gasteiger partial charge on any atom is 0.344 e. The van der Waals surface area contributed by atoms with Gasteiger partial charge < -0.3 is 19.5 Å². The Balaban J connectivity index is 1.90. The number of ketones is 1. The van der Waals surface area contributed by atoms with Crippen LogP contribution in [0.15, 0.2) is 36.4 Å². The molecule has 0 fully saturated rings. The minimum absolute atomic E-state index is 0.0170. The zero-order chi connectivity index (χ0) is 21.6. The molecule has 2 rings (SSSR count). The number of amides is 1. The second-order valence-electron chi connectivity index (χ2n) is 5.96. The van der Waals surface area contributed by atoms with Crippen LogP contribution in [-0.2, 0) is 14.3 Å². The quantitative estimate of drug-likeness (QED) is 0.534. The predicted octanol–water partition coefficient (Wildman–Crippen LogP) is 3.13. The first-order valence-corrected chi connectivity index (χ1v) is 8.48. The van der Waals surface area contributed by atoms with Gasteiger partial charge >= 0.3 is 5.97 Å². The fourth-order valence-corrected chi connectivity index (χ4v) is 2.24. The number of ether oxygens (including phenoxy) is 3. The summed E-state index contributed by atoms with van der Waals surface area (Å²) in [4.78, 5) is 35.3. The first-order valence-electron chi connectivity index (χ1n) is 8.48.